The fourth-order valence-electron chi connectivity index (χ4n) is 7.06. The fraction of sp³-hybridized carbons (Fsp3) is 0.593. The van der Waals surface area contributed by atoms with Gasteiger partial charge in [0.15, 0.2) is 0 Å². The summed E-state index contributed by atoms with van der Waals surface area (Å²) < 4.78 is 0. The molecule has 4 atom stereocenters. The van der Waals surface area contributed by atoms with E-state index in [1.807, 2.05) is 18.2 Å². The first kappa shape index (κ1) is 21.1. The van der Waals surface area contributed by atoms with Crippen LogP contribution in [0.2, 0.25) is 0 Å². The second-order valence-electron chi connectivity index (χ2n) is 10.5. The maximum Gasteiger partial charge on any atom is 0.258 e. The molecule has 0 spiro atoms. The van der Waals surface area contributed by atoms with Crippen molar-refractivity contribution in [2.75, 3.05) is 19.6 Å². The number of carbonyl (C=O) groups excluding carboxylic acids is 1. The molecule has 1 amide bonds. The Bertz CT molecular complexity index is 1140. The summed E-state index contributed by atoms with van der Waals surface area (Å²) in [7, 11) is 0. The Balaban J connectivity index is 1.14. The zero-order valence-electron chi connectivity index (χ0n) is 19.3. The smallest absolute Gasteiger partial charge is 0.258 e. The summed E-state index contributed by atoms with van der Waals surface area (Å²) in [5.74, 6) is 2.23. The number of hydrogen-bond acceptors (Lipinski definition) is 4. The number of aryl methyl sites for hydroxylation is 1. The van der Waals surface area contributed by atoms with Crippen molar-refractivity contribution in [1.29, 1.82) is 0 Å². The average molecular weight is 447 g/mol. The number of nitrogens with zero attached hydrogens (tertiary/aromatic N) is 3. The number of hydrogen-bond donors (Lipinski definition) is 1. The van der Waals surface area contributed by atoms with E-state index in [-0.39, 0.29) is 11.5 Å². The normalized spacial score (nSPS) is 29.3. The molecule has 3 saturated heterocycles. The third-order valence-electron chi connectivity index (χ3n) is 8.44. The lowest BCUT2D eigenvalue weighted by atomic mass is 9.68. The third-order valence-corrected chi connectivity index (χ3v) is 8.44. The monoisotopic (exact) mass is 446 g/mol. The standard InChI is InChI=1S/C27H34N4O2/c32-25(12-5-11-24-28-22-9-2-1-8-21(22)27(33)29-24)31-14-6-7-18-15-19-16-20(26(18)31)17-30-13-4-3-10-23(19)30/h1-2,8-9,15,19-20,23,26H,3-7,10-14,16-17H2,(H,28,29,33)/t19-,20-,23+,26-/m0/s1. The van der Waals surface area contributed by atoms with E-state index < -0.39 is 0 Å². The SMILES string of the molecule is O=C(CCCc1nc2ccccc2c(=O)[nH]1)N1CCCC2=C[C@H]3C[C@@H](CN4CCCC[C@H]34)[C@H]21. The number of fused-ring (bicyclic) bond motifs is 7. The Morgan fingerprint density at radius 3 is 3.00 bits per heavy atom. The molecule has 0 saturated carbocycles. The third kappa shape index (κ3) is 3.92. The number of benzene rings is 1. The molecule has 3 aliphatic heterocycles. The largest absolute Gasteiger partial charge is 0.336 e. The van der Waals surface area contributed by atoms with Crippen LogP contribution >= 0.6 is 0 Å². The van der Waals surface area contributed by atoms with Crippen molar-refractivity contribution in [3.8, 4) is 0 Å². The van der Waals surface area contributed by atoms with Crippen LogP contribution in [0.1, 0.15) is 57.2 Å². The van der Waals surface area contributed by atoms with E-state index in [1.54, 1.807) is 11.6 Å². The number of aromatic amines is 1. The van der Waals surface area contributed by atoms with Gasteiger partial charge in [-0.1, -0.05) is 30.2 Å². The van der Waals surface area contributed by atoms with E-state index in [0.717, 1.165) is 37.5 Å². The lowest BCUT2D eigenvalue weighted by molar-refractivity contribution is -0.136. The van der Waals surface area contributed by atoms with Gasteiger partial charge in [0.1, 0.15) is 5.82 Å². The summed E-state index contributed by atoms with van der Waals surface area (Å²) in [6.45, 7) is 3.28. The highest BCUT2D eigenvalue weighted by molar-refractivity contribution is 5.78. The molecule has 4 heterocycles. The average Bonchev–Trinajstić information content (AvgIpc) is 2.84. The van der Waals surface area contributed by atoms with Crippen molar-refractivity contribution < 1.29 is 4.79 Å². The van der Waals surface area contributed by atoms with Crippen LogP contribution in [0.4, 0.5) is 0 Å². The molecule has 6 heteroatoms. The fourth-order valence-corrected chi connectivity index (χ4v) is 7.06. The lowest BCUT2D eigenvalue weighted by Crippen LogP contribution is -2.60. The summed E-state index contributed by atoms with van der Waals surface area (Å²) >= 11 is 0. The molecular formula is C27H34N4O2. The number of piperidine rings is 3. The highest BCUT2D eigenvalue weighted by Gasteiger charge is 2.46. The summed E-state index contributed by atoms with van der Waals surface area (Å²) in [5.41, 5.74) is 2.16. The summed E-state index contributed by atoms with van der Waals surface area (Å²) in [5, 5.41) is 0.615. The first-order chi connectivity index (χ1) is 16.2. The number of rotatable bonds is 4. The van der Waals surface area contributed by atoms with Gasteiger partial charge in [0, 0.05) is 32.0 Å². The minimum absolute atomic E-state index is 0.0992. The highest BCUT2D eigenvalue weighted by atomic mass is 16.2. The van der Waals surface area contributed by atoms with Crippen LogP contribution in [0.15, 0.2) is 40.7 Å². The van der Waals surface area contributed by atoms with E-state index in [0.29, 0.717) is 48.4 Å². The van der Waals surface area contributed by atoms with Gasteiger partial charge in [0.2, 0.25) is 5.91 Å². The number of para-hydroxylation sites is 1. The van der Waals surface area contributed by atoms with Crippen molar-refractivity contribution in [2.24, 2.45) is 11.8 Å². The van der Waals surface area contributed by atoms with Crippen molar-refractivity contribution >= 4 is 16.8 Å². The van der Waals surface area contributed by atoms with Crippen molar-refractivity contribution in [3.05, 3.63) is 52.1 Å². The van der Waals surface area contributed by atoms with Gasteiger partial charge in [-0.3, -0.25) is 14.5 Å². The van der Waals surface area contributed by atoms with Crippen molar-refractivity contribution in [3.63, 3.8) is 0 Å². The lowest BCUT2D eigenvalue weighted by Gasteiger charge is -2.54. The molecule has 1 aromatic heterocycles. The molecular weight excluding hydrogens is 412 g/mol. The Morgan fingerprint density at radius 1 is 1.15 bits per heavy atom. The molecule has 0 unspecified atom stereocenters. The minimum Gasteiger partial charge on any atom is -0.336 e. The molecule has 1 aliphatic carbocycles. The predicted octanol–water partition coefficient (Wildman–Crippen LogP) is 3.67. The van der Waals surface area contributed by atoms with Crippen LogP contribution in [0.25, 0.3) is 10.9 Å². The van der Waals surface area contributed by atoms with Crippen LogP contribution in [-0.2, 0) is 11.2 Å². The number of aromatic nitrogens is 2. The molecule has 6 nitrogen and oxygen atoms in total. The van der Waals surface area contributed by atoms with Crippen molar-refractivity contribution in [2.45, 2.75) is 69.9 Å². The van der Waals surface area contributed by atoms with Gasteiger partial charge in [-0.05, 0) is 69.0 Å². The molecule has 4 aliphatic rings. The van der Waals surface area contributed by atoms with E-state index >= 15 is 0 Å². The molecule has 1 aromatic carbocycles. The van der Waals surface area contributed by atoms with Gasteiger partial charge >= 0.3 is 0 Å². The van der Waals surface area contributed by atoms with Crippen LogP contribution in [0, 0.1) is 11.8 Å². The first-order valence-corrected chi connectivity index (χ1v) is 12.9. The molecule has 2 bridgehead atoms. The Kier molecular flexibility index (Phi) is 5.57. The number of carbonyl (C=O) groups is 1. The van der Waals surface area contributed by atoms with Crippen LogP contribution in [0.5, 0.6) is 0 Å². The van der Waals surface area contributed by atoms with E-state index in [1.165, 1.54) is 32.2 Å². The van der Waals surface area contributed by atoms with Gasteiger partial charge in [0.25, 0.3) is 5.56 Å². The molecule has 2 aromatic rings. The maximum absolute atomic E-state index is 13.4. The van der Waals surface area contributed by atoms with Gasteiger partial charge in [-0.2, -0.15) is 0 Å². The molecule has 0 radical (unpaired) electrons. The van der Waals surface area contributed by atoms with Crippen molar-refractivity contribution in [1.82, 2.24) is 19.8 Å². The highest BCUT2D eigenvalue weighted by Crippen LogP contribution is 2.45. The maximum atomic E-state index is 13.4. The van der Waals surface area contributed by atoms with Gasteiger partial charge in [0.05, 0.1) is 16.9 Å². The number of nitrogens with one attached hydrogen (secondary N) is 1. The Morgan fingerprint density at radius 2 is 2.06 bits per heavy atom. The number of likely N-dealkylation sites (tertiary alicyclic amines) is 1. The second-order valence-corrected chi connectivity index (χ2v) is 10.5. The molecule has 6 rings (SSSR count). The molecule has 3 fully saturated rings. The zero-order valence-corrected chi connectivity index (χ0v) is 19.3. The number of amides is 1. The topological polar surface area (TPSA) is 69.3 Å². The van der Waals surface area contributed by atoms with Crippen LogP contribution in [0.3, 0.4) is 0 Å². The Hall–Kier alpha value is -2.47. The zero-order chi connectivity index (χ0) is 22.4. The number of H-pyrrole nitrogens is 1. The van der Waals surface area contributed by atoms with E-state index in [2.05, 4.69) is 25.8 Å². The quantitative estimate of drug-likeness (QED) is 0.728. The summed E-state index contributed by atoms with van der Waals surface area (Å²) in [6.07, 6.45) is 12.0. The first-order valence-electron chi connectivity index (χ1n) is 12.9. The molecule has 33 heavy (non-hydrogen) atoms. The minimum atomic E-state index is -0.0992. The summed E-state index contributed by atoms with van der Waals surface area (Å²) in [6, 6.07) is 8.46. The predicted molar refractivity (Wildman–Crippen MR) is 129 cm³/mol. The second kappa shape index (κ2) is 8.71. The van der Waals surface area contributed by atoms with Crippen LogP contribution < -0.4 is 5.56 Å². The summed E-state index contributed by atoms with van der Waals surface area (Å²) in [4.78, 5) is 38.1. The van der Waals surface area contributed by atoms with Gasteiger partial charge in [-0.25, -0.2) is 4.98 Å². The van der Waals surface area contributed by atoms with Gasteiger partial charge in [-0.15, -0.1) is 0 Å². The van der Waals surface area contributed by atoms with E-state index in [9.17, 15) is 9.59 Å². The van der Waals surface area contributed by atoms with E-state index in [4.69, 9.17) is 0 Å². The Labute approximate surface area is 195 Å². The molecule has 174 valence electrons. The van der Waals surface area contributed by atoms with Crippen LogP contribution in [-0.4, -0.2) is 57.4 Å². The molecule has 1 N–H and O–H groups in total. The van der Waals surface area contributed by atoms with Gasteiger partial charge < -0.3 is 9.88 Å².